The molecule has 0 aromatic heterocycles. The number of hydrogen-bond donors (Lipinski definition) is 1. The summed E-state index contributed by atoms with van der Waals surface area (Å²) in [6.45, 7) is 2.52. The molecule has 1 aliphatic heterocycles. The Morgan fingerprint density at radius 3 is 2.87 bits per heavy atom. The van der Waals surface area contributed by atoms with Crippen LogP contribution in [0.4, 0.5) is 0 Å². The molecule has 1 fully saturated rings. The van der Waals surface area contributed by atoms with Crippen LogP contribution in [0.5, 0.6) is 0 Å². The Kier molecular flexibility index (Phi) is 3.35. The van der Waals surface area contributed by atoms with Crippen LogP contribution < -0.4 is 5.32 Å². The summed E-state index contributed by atoms with van der Waals surface area (Å²) in [5.41, 5.74) is 0.628. The van der Waals surface area contributed by atoms with Gasteiger partial charge in [0, 0.05) is 12.5 Å². The molecule has 0 saturated carbocycles. The van der Waals surface area contributed by atoms with Gasteiger partial charge in [0.15, 0.2) is 0 Å². The van der Waals surface area contributed by atoms with Gasteiger partial charge in [-0.05, 0) is 25.1 Å². The molecular weight excluding hydrogens is 190 g/mol. The number of hydrogen-bond acceptors (Lipinski definition) is 3. The maximum Gasteiger partial charge on any atom is 0.338 e. The highest BCUT2D eigenvalue weighted by Crippen LogP contribution is 2.09. The molecule has 1 N–H and O–H groups in total. The number of benzene rings is 1. The van der Waals surface area contributed by atoms with Crippen LogP contribution in [-0.2, 0) is 4.74 Å². The zero-order valence-electron chi connectivity index (χ0n) is 8.61. The highest BCUT2D eigenvalue weighted by atomic mass is 16.5. The summed E-state index contributed by atoms with van der Waals surface area (Å²) in [7, 11) is 0. The van der Waals surface area contributed by atoms with E-state index in [0.29, 0.717) is 18.1 Å². The Hall–Kier alpha value is -1.35. The lowest BCUT2D eigenvalue weighted by atomic mass is 10.1. The molecule has 0 radical (unpaired) electrons. The van der Waals surface area contributed by atoms with Crippen molar-refractivity contribution in [3.8, 4) is 0 Å². The summed E-state index contributed by atoms with van der Waals surface area (Å²) >= 11 is 0. The van der Waals surface area contributed by atoms with Crippen LogP contribution in [0.1, 0.15) is 16.8 Å². The van der Waals surface area contributed by atoms with E-state index in [-0.39, 0.29) is 5.97 Å². The summed E-state index contributed by atoms with van der Waals surface area (Å²) in [5, 5.41) is 3.24. The number of ether oxygens (including phenoxy) is 1. The summed E-state index contributed by atoms with van der Waals surface area (Å²) < 4.78 is 5.23. The van der Waals surface area contributed by atoms with E-state index >= 15 is 0 Å². The summed E-state index contributed by atoms with van der Waals surface area (Å²) in [4.78, 5) is 11.6. The first kappa shape index (κ1) is 10.2. The average Bonchev–Trinajstić information content (AvgIpc) is 2.80. The molecule has 1 aromatic rings. The molecule has 0 aliphatic carbocycles. The fraction of sp³-hybridized carbons (Fsp3) is 0.417. The number of esters is 1. The minimum atomic E-state index is -0.220. The molecule has 1 aliphatic rings. The lowest BCUT2D eigenvalue weighted by molar-refractivity contribution is 0.0450. The molecule has 15 heavy (non-hydrogen) atoms. The number of carbonyl (C=O) groups excluding carboxylic acids is 1. The Morgan fingerprint density at radius 1 is 1.40 bits per heavy atom. The van der Waals surface area contributed by atoms with E-state index in [1.54, 1.807) is 12.1 Å². The van der Waals surface area contributed by atoms with Crippen molar-refractivity contribution in [2.75, 3.05) is 19.7 Å². The highest BCUT2D eigenvalue weighted by Gasteiger charge is 2.16. The molecule has 1 heterocycles. The van der Waals surface area contributed by atoms with Gasteiger partial charge in [-0.2, -0.15) is 0 Å². The van der Waals surface area contributed by atoms with Crippen LogP contribution in [0.2, 0.25) is 0 Å². The van der Waals surface area contributed by atoms with Crippen molar-refractivity contribution < 1.29 is 9.53 Å². The number of nitrogens with one attached hydrogen (secondary N) is 1. The quantitative estimate of drug-likeness (QED) is 0.759. The summed E-state index contributed by atoms with van der Waals surface area (Å²) in [5.74, 6) is 0.264. The SMILES string of the molecule is O=C(OC[C@@H]1CCNC1)c1ccccc1. The third-order valence-electron chi connectivity index (χ3n) is 2.62. The second kappa shape index (κ2) is 4.94. The Morgan fingerprint density at radius 2 is 2.20 bits per heavy atom. The zero-order chi connectivity index (χ0) is 10.5. The van der Waals surface area contributed by atoms with Crippen molar-refractivity contribution in [2.24, 2.45) is 5.92 Å². The van der Waals surface area contributed by atoms with Crippen molar-refractivity contribution in [2.45, 2.75) is 6.42 Å². The lowest BCUT2D eigenvalue weighted by Crippen LogP contribution is -2.16. The van der Waals surface area contributed by atoms with Crippen LogP contribution >= 0.6 is 0 Å². The largest absolute Gasteiger partial charge is 0.462 e. The fourth-order valence-corrected chi connectivity index (χ4v) is 1.71. The predicted octanol–water partition coefficient (Wildman–Crippen LogP) is 1.45. The third kappa shape index (κ3) is 2.80. The molecular formula is C12H15NO2. The molecule has 0 spiro atoms. The van der Waals surface area contributed by atoms with Crippen molar-refractivity contribution in [3.05, 3.63) is 35.9 Å². The van der Waals surface area contributed by atoms with E-state index in [2.05, 4.69) is 5.32 Å². The van der Waals surface area contributed by atoms with E-state index in [1.807, 2.05) is 18.2 Å². The molecule has 2 rings (SSSR count). The fourth-order valence-electron chi connectivity index (χ4n) is 1.71. The normalized spacial score (nSPS) is 20.1. The predicted molar refractivity (Wildman–Crippen MR) is 57.7 cm³/mol. The van der Waals surface area contributed by atoms with Gasteiger partial charge in [0.25, 0.3) is 0 Å². The first-order valence-corrected chi connectivity index (χ1v) is 5.29. The molecule has 3 nitrogen and oxygen atoms in total. The van der Waals surface area contributed by atoms with Crippen LogP contribution in [0.3, 0.4) is 0 Å². The van der Waals surface area contributed by atoms with Crippen molar-refractivity contribution in [1.82, 2.24) is 5.32 Å². The summed E-state index contributed by atoms with van der Waals surface area (Å²) in [6, 6.07) is 9.11. The van der Waals surface area contributed by atoms with Gasteiger partial charge in [-0.15, -0.1) is 0 Å². The van der Waals surface area contributed by atoms with Crippen LogP contribution in [0, 0.1) is 5.92 Å². The van der Waals surface area contributed by atoms with Crippen molar-refractivity contribution in [1.29, 1.82) is 0 Å². The zero-order valence-corrected chi connectivity index (χ0v) is 8.61. The lowest BCUT2D eigenvalue weighted by Gasteiger charge is -2.09. The second-order valence-electron chi connectivity index (χ2n) is 3.82. The molecule has 80 valence electrons. The molecule has 0 unspecified atom stereocenters. The highest BCUT2D eigenvalue weighted by molar-refractivity contribution is 5.89. The first-order chi connectivity index (χ1) is 7.36. The molecule has 1 atom stereocenters. The van der Waals surface area contributed by atoms with E-state index in [9.17, 15) is 4.79 Å². The van der Waals surface area contributed by atoms with Gasteiger partial charge in [0.05, 0.1) is 12.2 Å². The van der Waals surface area contributed by atoms with E-state index in [0.717, 1.165) is 19.5 Å². The van der Waals surface area contributed by atoms with Crippen molar-refractivity contribution >= 4 is 5.97 Å². The van der Waals surface area contributed by atoms with E-state index in [1.165, 1.54) is 0 Å². The maximum absolute atomic E-state index is 11.6. The third-order valence-corrected chi connectivity index (χ3v) is 2.62. The Bertz CT molecular complexity index is 318. The van der Waals surface area contributed by atoms with Gasteiger partial charge in [0.2, 0.25) is 0 Å². The van der Waals surface area contributed by atoms with Crippen LogP contribution in [0.15, 0.2) is 30.3 Å². The molecule has 3 heteroatoms. The summed E-state index contributed by atoms with van der Waals surface area (Å²) in [6.07, 6.45) is 1.10. The standard InChI is InChI=1S/C12H15NO2/c14-12(11-4-2-1-3-5-11)15-9-10-6-7-13-8-10/h1-5,10,13H,6-9H2/t10-/m1/s1. The number of rotatable bonds is 3. The van der Waals surface area contributed by atoms with Gasteiger partial charge in [-0.3, -0.25) is 0 Å². The van der Waals surface area contributed by atoms with Gasteiger partial charge in [-0.25, -0.2) is 4.79 Å². The topological polar surface area (TPSA) is 38.3 Å². The van der Waals surface area contributed by atoms with Gasteiger partial charge < -0.3 is 10.1 Å². The Labute approximate surface area is 89.4 Å². The van der Waals surface area contributed by atoms with Gasteiger partial charge in [-0.1, -0.05) is 18.2 Å². The maximum atomic E-state index is 11.6. The Balaban J connectivity index is 1.82. The molecule has 1 saturated heterocycles. The van der Waals surface area contributed by atoms with Gasteiger partial charge >= 0.3 is 5.97 Å². The second-order valence-corrected chi connectivity index (χ2v) is 3.82. The van der Waals surface area contributed by atoms with E-state index in [4.69, 9.17) is 4.74 Å². The first-order valence-electron chi connectivity index (χ1n) is 5.29. The van der Waals surface area contributed by atoms with Crippen molar-refractivity contribution in [3.63, 3.8) is 0 Å². The smallest absolute Gasteiger partial charge is 0.338 e. The molecule has 0 bridgehead atoms. The molecule has 0 amide bonds. The minimum absolute atomic E-state index is 0.220. The number of carbonyl (C=O) groups is 1. The molecule has 1 aromatic carbocycles. The minimum Gasteiger partial charge on any atom is -0.462 e. The monoisotopic (exact) mass is 205 g/mol. The van der Waals surface area contributed by atoms with Crippen LogP contribution in [0.25, 0.3) is 0 Å². The van der Waals surface area contributed by atoms with Crippen LogP contribution in [-0.4, -0.2) is 25.7 Å². The average molecular weight is 205 g/mol. The van der Waals surface area contributed by atoms with Gasteiger partial charge in [0.1, 0.15) is 0 Å². The van der Waals surface area contributed by atoms with E-state index < -0.39 is 0 Å².